The van der Waals surface area contributed by atoms with Crippen molar-refractivity contribution >= 4 is 20.2 Å². The van der Waals surface area contributed by atoms with Gasteiger partial charge in [0.1, 0.15) is 0 Å². The molecule has 0 aromatic heterocycles. The molecule has 0 N–H and O–H groups in total. The largest absolute Gasteiger partial charge is 0.287 e. The maximum Gasteiger partial charge on any atom is 0.287 e. The Labute approximate surface area is 84.5 Å². The van der Waals surface area contributed by atoms with Crippen LogP contribution in [0.3, 0.4) is 0 Å². The molecule has 0 unspecified atom stereocenters. The quantitative estimate of drug-likeness (QED) is 0.616. The smallest absolute Gasteiger partial charge is 0.269 e. The van der Waals surface area contributed by atoms with E-state index >= 15 is 0 Å². The van der Waals surface area contributed by atoms with Gasteiger partial charge >= 0.3 is 0 Å². The number of hydrogen-bond acceptors (Lipinski definition) is 6. The van der Waals surface area contributed by atoms with Crippen LogP contribution < -0.4 is 0 Å². The molecule has 0 aliphatic heterocycles. The first-order valence-corrected chi connectivity index (χ1v) is 6.98. The lowest BCUT2D eigenvalue weighted by molar-refractivity contribution is 0.321. The number of hydrogen-bond donors (Lipinski definition) is 0. The summed E-state index contributed by atoms with van der Waals surface area (Å²) in [7, 11) is -8.21. The van der Waals surface area contributed by atoms with E-state index < -0.39 is 24.8 Å². The average Bonchev–Trinajstić information content (AvgIpc) is 2.02. The predicted molar refractivity (Wildman–Crippen MR) is 50.6 cm³/mol. The van der Waals surface area contributed by atoms with Gasteiger partial charge in [-0.3, -0.25) is 8.37 Å². The molecule has 0 radical (unpaired) electrons. The lowest BCUT2D eigenvalue weighted by Crippen LogP contribution is -2.30. The van der Waals surface area contributed by atoms with E-state index in [0.29, 0.717) is 0 Å². The summed E-state index contributed by atoms with van der Waals surface area (Å²) in [4.78, 5) is 0. The van der Waals surface area contributed by atoms with Crippen LogP contribution in [0.15, 0.2) is 0 Å². The van der Waals surface area contributed by atoms with E-state index in [9.17, 15) is 16.8 Å². The molecule has 0 rings (SSSR count). The van der Waals surface area contributed by atoms with Crippen molar-refractivity contribution < 1.29 is 25.2 Å². The first-order valence-electron chi connectivity index (χ1n) is 4.04. The summed E-state index contributed by atoms with van der Waals surface area (Å²) in [5.41, 5.74) is 0. The van der Waals surface area contributed by atoms with Crippen molar-refractivity contribution in [3.63, 3.8) is 0 Å². The Morgan fingerprint density at radius 3 is 1.43 bits per heavy atom. The second-order valence-corrected chi connectivity index (χ2v) is 6.52. The fraction of sp³-hybridized carbons (Fsp3) is 1.00. The van der Waals surface area contributed by atoms with Crippen molar-refractivity contribution in [1.82, 2.24) is 0 Å². The van der Waals surface area contributed by atoms with Gasteiger partial charge in [0.25, 0.3) is 20.2 Å². The maximum absolute atomic E-state index is 11.2. The number of rotatable bonds is 6. The molecule has 8 heteroatoms. The minimum absolute atomic E-state index is 0.103. The van der Waals surface area contributed by atoms with E-state index in [1.54, 1.807) is 0 Å². The van der Waals surface area contributed by atoms with Gasteiger partial charge in [0.2, 0.25) is 4.58 Å². The van der Waals surface area contributed by atoms with Crippen LogP contribution in [0.5, 0.6) is 0 Å². The Balaban J connectivity index is 4.87. The highest BCUT2D eigenvalue weighted by atomic mass is 32.3. The zero-order valence-electron chi connectivity index (χ0n) is 8.26. The van der Waals surface area contributed by atoms with Gasteiger partial charge in [-0.25, -0.2) is 0 Å². The van der Waals surface area contributed by atoms with Crippen LogP contribution in [-0.4, -0.2) is 34.6 Å². The van der Waals surface area contributed by atoms with Crippen molar-refractivity contribution in [2.24, 2.45) is 0 Å². The molecule has 14 heavy (non-hydrogen) atoms. The monoisotopic (exact) mass is 246 g/mol. The minimum Gasteiger partial charge on any atom is -0.269 e. The second-order valence-electron chi connectivity index (χ2n) is 2.37. The Kier molecular flexibility index (Phi) is 4.99. The van der Waals surface area contributed by atoms with Gasteiger partial charge in [-0.2, -0.15) is 16.8 Å². The third kappa shape index (κ3) is 3.52. The van der Waals surface area contributed by atoms with Crippen LogP contribution in [0.25, 0.3) is 0 Å². The summed E-state index contributed by atoms with van der Waals surface area (Å²) < 4.78 is 51.7. The van der Waals surface area contributed by atoms with Crippen LogP contribution in [0.1, 0.15) is 20.8 Å². The molecule has 0 aromatic carbocycles. The molecule has 0 aromatic rings. The lowest BCUT2D eigenvalue weighted by atomic mass is 10.9. The van der Waals surface area contributed by atoms with Crippen molar-refractivity contribution in [3.8, 4) is 0 Å². The van der Waals surface area contributed by atoms with E-state index in [2.05, 4.69) is 8.37 Å². The van der Waals surface area contributed by atoms with E-state index in [-0.39, 0.29) is 13.2 Å². The van der Waals surface area contributed by atoms with E-state index in [0.717, 1.165) is 6.92 Å². The Bertz CT molecular complexity index is 318. The minimum atomic E-state index is -4.10. The molecule has 0 fully saturated rings. The predicted octanol–water partition coefficient (Wildman–Crippen LogP) is 0.0650. The third-order valence-electron chi connectivity index (χ3n) is 1.38. The topological polar surface area (TPSA) is 86.7 Å². The maximum atomic E-state index is 11.2. The van der Waals surface area contributed by atoms with E-state index in [1.807, 2.05) is 0 Å². The Morgan fingerprint density at radius 1 is 0.929 bits per heavy atom. The zero-order valence-corrected chi connectivity index (χ0v) is 9.89. The summed E-state index contributed by atoms with van der Waals surface area (Å²) in [6, 6.07) is 0. The van der Waals surface area contributed by atoms with Gasteiger partial charge in [-0.15, -0.1) is 0 Å². The average molecular weight is 246 g/mol. The SMILES string of the molecule is CCOS(=O)(=O)C(C)S(=O)(=O)OCC. The van der Waals surface area contributed by atoms with Crippen molar-refractivity contribution in [1.29, 1.82) is 0 Å². The molecule has 0 bridgehead atoms. The molecule has 0 amide bonds. The first-order chi connectivity index (χ1) is 6.28. The first kappa shape index (κ1) is 13.8. The summed E-state index contributed by atoms with van der Waals surface area (Å²) in [6.07, 6.45) is 0. The highest BCUT2D eigenvalue weighted by Gasteiger charge is 2.34. The van der Waals surface area contributed by atoms with Crippen LogP contribution in [-0.2, 0) is 28.6 Å². The van der Waals surface area contributed by atoms with Crippen molar-refractivity contribution in [2.45, 2.75) is 25.4 Å². The molecule has 6 nitrogen and oxygen atoms in total. The third-order valence-corrected chi connectivity index (χ3v) is 5.55. The zero-order chi connectivity index (χ0) is 11.4. The van der Waals surface area contributed by atoms with Crippen LogP contribution >= 0.6 is 0 Å². The molecule has 0 heterocycles. The van der Waals surface area contributed by atoms with Crippen LogP contribution in [0.4, 0.5) is 0 Å². The molecule has 0 spiro atoms. The summed E-state index contributed by atoms with van der Waals surface area (Å²) >= 11 is 0. The molecule has 0 atom stereocenters. The molecule has 0 saturated carbocycles. The molecular weight excluding hydrogens is 232 g/mol. The van der Waals surface area contributed by atoms with Gasteiger partial charge in [-0.1, -0.05) is 0 Å². The van der Waals surface area contributed by atoms with Crippen molar-refractivity contribution in [2.75, 3.05) is 13.2 Å². The Morgan fingerprint density at radius 2 is 1.21 bits per heavy atom. The molecule has 0 saturated heterocycles. The summed E-state index contributed by atoms with van der Waals surface area (Å²) in [5.74, 6) is 0. The fourth-order valence-corrected chi connectivity index (χ4v) is 3.19. The van der Waals surface area contributed by atoms with Crippen LogP contribution in [0.2, 0.25) is 0 Å². The lowest BCUT2D eigenvalue weighted by Gasteiger charge is -2.11. The van der Waals surface area contributed by atoms with Gasteiger partial charge in [-0.05, 0) is 20.8 Å². The highest BCUT2D eigenvalue weighted by Crippen LogP contribution is 2.12. The van der Waals surface area contributed by atoms with Gasteiger partial charge in [0, 0.05) is 0 Å². The summed E-state index contributed by atoms with van der Waals surface area (Å²) in [6.45, 7) is 3.72. The molecule has 0 aliphatic rings. The molecule has 86 valence electrons. The molecule has 0 aliphatic carbocycles. The van der Waals surface area contributed by atoms with E-state index in [4.69, 9.17) is 0 Å². The fourth-order valence-electron chi connectivity index (χ4n) is 0.665. The Hall–Kier alpha value is -0.180. The standard InChI is InChI=1S/C6H14O6S2/c1-4-11-13(7,8)6(3)14(9,10)12-5-2/h6H,4-5H2,1-3H3. The van der Waals surface area contributed by atoms with Gasteiger partial charge < -0.3 is 0 Å². The highest BCUT2D eigenvalue weighted by molar-refractivity contribution is 8.04. The second kappa shape index (κ2) is 5.06. The summed E-state index contributed by atoms with van der Waals surface area (Å²) in [5, 5.41) is 0. The van der Waals surface area contributed by atoms with Crippen molar-refractivity contribution in [3.05, 3.63) is 0 Å². The van der Waals surface area contributed by atoms with Gasteiger partial charge in [0.15, 0.2) is 0 Å². The van der Waals surface area contributed by atoms with Crippen LogP contribution in [0, 0.1) is 0 Å². The molecular formula is C6H14O6S2. The normalized spacial score (nSPS) is 13.4. The van der Waals surface area contributed by atoms with Gasteiger partial charge in [0.05, 0.1) is 13.2 Å². The van der Waals surface area contributed by atoms with E-state index in [1.165, 1.54) is 13.8 Å².